The van der Waals surface area contributed by atoms with Gasteiger partial charge in [0.2, 0.25) is 0 Å². The number of allylic oxidation sites excluding steroid dienone is 4. The summed E-state index contributed by atoms with van der Waals surface area (Å²) in [5.74, 6) is 0.917. The van der Waals surface area contributed by atoms with Gasteiger partial charge in [0.15, 0.2) is 0 Å². The fraction of sp³-hybridized carbons (Fsp3) is 0.600. The summed E-state index contributed by atoms with van der Waals surface area (Å²) in [5.41, 5.74) is 1.15. The summed E-state index contributed by atoms with van der Waals surface area (Å²) in [6.45, 7) is 8.20. The molecule has 2 heteroatoms. The predicted molar refractivity (Wildman–Crippen MR) is 52.8 cm³/mol. The molecule has 0 radical (unpaired) electrons. The molecule has 0 unspecified atom stereocenters. The molecule has 0 spiro atoms. The Morgan fingerprint density at radius 1 is 1.25 bits per heavy atom. The summed E-state index contributed by atoms with van der Waals surface area (Å²) in [6.07, 6.45) is 3.96. The third kappa shape index (κ3) is 5.83. The molecular formula is C10H19NO. The molecule has 0 rings (SSSR count). The van der Waals surface area contributed by atoms with Crippen molar-refractivity contribution in [3.63, 3.8) is 0 Å². The van der Waals surface area contributed by atoms with Gasteiger partial charge in [-0.25, -0.2) is 0 Å². The molecule has 1 N–H and O–H groups in total. The second kappa shape index (κ2) is 5.70. The van der Waals surface area contributed by atoms with Gasteiger partial charge in [-0.2, -0.15) is 0 Å². The van der Waals surface area contributed by atoms with E-state index in [1.807, 2.05) is 26.0 Å². The molecule has 0 amide bonds. The molecule has 0 heterocycles. The maximum absolute atomic E-state index is 4.99. The van der Waals surface area contributed by atoms with Crippen molar-refractivity contribution in [2.45, 2.75) is 33.7 Å². The number of nitrogens with one attached hydrogen (secondary N) is 1. The monoisotopic (exact) mass is 169 g/mol. The first kappa shape index (κ1) is 11.1. The smallest absolute Gasteiger partial charge is 0.0925 e. The van der Waals surface area contributed by atoms with Gasteiger partial charge >= 0.3 is 0 Å². The zero-order valence-corrected chi connectivity index (χ0v) is 8.64. The molecule has 12 heavy (non-hydrogen) atoms. The molecule has 0 aliphatic heterocycles. The Balaban J connectivity index is 4.00. The summed E-state index contributed by atoms with van der Waals surface area (Å²) >= 11 is 0. The standard InChI is InChI=1S/C10H19NO/c1-8(2)11-9(3)6-7-10(4)12-5/h6-8,11H,1-5H3/b9-6+,10-7+. The Morgan fingerprint density at radius 3 is 2.25 bits per heavy atom. The van der Waals surface area contributed by atoms with Crippen LogP contribution in [0.25, 0.3) is 0 Å². The van der Waals surface area contributed by atoms with Gasteiger partial charge in [0.05, 0.1) is 12.9 Å². The quantitative estimate of drug-likeness (QED) is 0.515. The third-order valence-corrected chi connectivity index (χ3v) is 1.41. The van der Waals surface area contributed by atoms with E-state index in [0.717, 1.165) is 11.5 Å². The molecule has 0 aromatic carbocycles. The molecule has 0 bridgehead atoms. The largest absolute Gasteiger partial charge is 0.501 e. The summed E-state index contributed by atoms with van der Waals surface area (Å²) in [4.78, 5) is 0. The molecule has 0 aromatic rings. The van der Waals surface area contributed by atoms with E-state index < -0.39 is 0 Å². The Hall–Kier alpha value is -0.920. The first-order chi connectivity index (χ1) is 5.56. The lowest BCUT2D eigenvalue weighted by molar-refractivity contribution is 0.293. The van der Waals surface area contributed by atoms with Crippen LogP contribution in [0.15, 0.2) is 23.6 Å². The van der Waals surface area contributed by atoms with Crippen LogP contribution in [0.1, 0.15) is 27.7 Å². The highest BCUT2D eigenvalue weighted by Crippen LogP contribution is 1.96. The van der Waals surface area contributed by atoms with Crippen molar-refractivity contribution in [2.75, 3.05) is 7.11 Å². The topological polar surface area (TPSA) is 21.3 Å². The van der Waals surface area contributed by atoms with E-state index in [4.69, 9.17) is 4.74 Å². The molecular weight excluding hydrogens is 150 g/mol. The van der Waals surface area contributed by atoms with Crippen molar-refractivity contribution in [2.24, 2.45) is 0 Å². The molecule has 2 nitrogen and oxygen atoms in total. The SMILES string of the molecule is CO/C(C)=C/C=C(\C)NC(C)C. The van der Waals surface area contributed by atoms with E-state index in [0.29, 0.717) is 6.04 Å². The normalized spacial score (nSPS) is 13.5. The predicted octanol–water partition coefficient (Wildman–Crippen LogP) is 2.44. The fourth-order valence-corrected chi connectivity index (χ4v) is 0.814. The Kier molecular flexibility index (Phi) is 5.26. The number of hydrogen-bond donors (Lipinski definition) is 1. The van der Waals surface area contributed by atoms with Crippen molar-refractivity contribution in [1.29, 1.82) is 0 Å². The average molecular weight is 169 g/mol. The van der Waals surface area contributed by atoms with Crippen molar-refractivity contribution >= 4 is 0 Å². The van der Waals surface area contributed by atoms with E-state index in [-0.39, 0.29) is 0 Å². The van der Waals surface area contributed by atoms with E-state index >= 15 is 0 Å². The summed E-state index contributed by atoms with van der Waals surface area (Å²) in [5, 5.41) is 3.28. The second-order valence-corrected chi connectivity index (χ2v) is 3.13. The lowest BCUT2D eigenvalue weighted by Gasteiger charge is -2.08. The Morgan fingerprint density at radius 2 is 1.83 bits per heavy atom. The number of methoxy groups -OCH3 is 1. The van der Waals surface area contributed by atoms with Crippen LogP contribution >= 0.6 is 0 Å². The van der Waals surface area contributed by atoms with Gasteiger partial charge in [-0.3, -0.25) is 0 Å². The second-order valence-electron chi connectivity index (χ2n) is 3.13. The molecule has 0 saturated heterocycles. The van der Waals surface area contributed by atoms with Crippen LogP contribution < -0.4 is 5.32 Å². The number of hydrogen-bond acceptors (Lipinski definition) is 2. The Labute approximate surface area is 75.3 Å². The van der Waals surface area contributed by atoms with Crippen LogP contribution in [-0.2, 0) is 4.74 Å². The van der Waals surface area contributed by atoms with Gasteiger partial charge in [-0.1, -0.05) is 0 Å². The molecule has 0 aliphatic rings. The lowest BCUT2D eigenvalue weighted by Crippen LogP contribution is -2.19. The number of rotatable bonds is 4. The summed E-state index contributed by atoms with van der Waals surface area (Å²) in [7, 11) is 1.67. The zero-order valence-electron chi connectivity index (χ0n) is 8.64. The average Bonchev–Trinajstić information content (AvgIpc) is 1.99. The minimum atomic E-state index is 0.484. The Bertz CT molecular complexity index is 180. The highest BCUT2D eigenvalue weighted by atomic mass is 16.5. The van der Waals surface area contributed by atoms with Gasteiger partial charge in [0, 0.05) is 11.7 Å². The van der Waals surface area contributed by atoms with Crippen molar-refractivity contribution in [1.82, 2.24) is 5.32 Å². The fourth-order valence-electron chi connectivity index (χ4n) is 0.814. The third-order valence-electron chi connectivity index (χ3n) is 1.41. The maximum Gasteiger partial charge on any atom is 0.0925 e. The maximum atomic E-state index is 4.99. The van der Waals surface area contributed by atoms with Crippen molar-refractivity contribution in [3.05, 3.63) is 23.6 Å². The van der Waals surface area contributed by atoms with Crippen LogP contribution in [-0.4, -0.2) is 13.2 Å². The zero-order chi connectivity index (χ0) is 9.56. The molecule has 0 atom stereocenters. The van der Waals surface area contributed by atoms with Gasteiger partial charge < -0.3 is 10.1 Å². The molecule has 0 saturated carbocycles. The van der Waals surface area contributed by atoms with E-state index in [1.54, 1.807) is 7.11 Å². The van der Waals surface area contributed by atoms with Crippen LogP contribution in [0.3, 0.4) is 0 Å². The molecule has 0 fully saturated rings. The van der Waals surface area contributed by atoms with E-state index in [9.17, 15) is 0 Å². The molecule has 0 aromatic heterocycles. The summed E-state index contributed by atoms with van der Waals surface area (Å²) in [6, 6.07) is 0.484. The lowest BCUT2D eigenvalue weighted by atomic mass is 10.3. The highest BCUT2D eigenvalue weighted by Gasteiger charge is 1.90. The van der Waals surface area contributed by atoms with Crippen LogP contribution in [0.4, 0.5) is 0 Å². The van der Waals surface area contributed by atoms with E-state index in [1.165, 1.54) is 0 Å². The molecule has 70 valence electrons. The van der Waals surface area contributed by atoms with Gasteiger partial charge in [0.25, 0.3) is 0 Å². The van der Waals surface area contributed by atoms with Gasteiger partial charge in [-0.05, 0) is 39.8 Å². The number of ether oxygens (including phenoxy) is 1. The van der Waals surface area contributed by atoms with Crippen molar-refractivity contribution in [3.8, 4) is 0 Å². The van der Waals surface area contributed by atoms with Crippen LogP contribution in [0, 0.1) is 0 Å². The minimum absolute atomic E-state index is 0.484. The highest BCUT2D eigenvalue weighted by molar-refractivity contribution is 5.11. The van der Waals surface area contributed by atoms with Crippen LogP contribution in [0.2, 0.25) is 0 Å². The first-order valence-electron chi connectivity index (χ1n) is 4.22. The van der Waals surface area contributed by atoms with Crippen molar-refractivity contribution < 1.29 is 4.74 Å². The van der Waals surface area contributed by atoms with Gasteiger partial charge in [-0.15, -0.1) is 0 Å². The van der Waals surface area contributed by atoms with Gasteiger partial charge in [0.1, 0.15) is 0 Å². The minimum Gasteiger partial charge on any atom is -0.501 e. The van der Waals surface area contributed by atoms with Crippen LogP contribution in [0.5, 0.6) is 0 Å². The summed E-state index contributed by atoms with van der Waals surface area (Å²) < 4.78 is 4.99. The first-order valence-corrected chi connectivity index (χ1v) is 4.22. The van der Waals surface area contributed by atoms with E-state index in [2.05, 4.69) is 19.2 Å². The molecule has 0 aliphatic carbocycles.